The van der Waals surface area contributed by atoms with Crippen LogP contribution in [0.3, 0.4) is 0 Å². The van der Waals surface area contributed by atoms with Crippen molar-refractivity contribution in [2.45, 2.75) is 91.4 Å². The number of piperidine rings is 1. The van der Waals surface area contributed by atoms with Crippen molar-refractivity contribution in [3.8, 4) is 0 Å². The Morgan fingerprint density at radius 2 is 1.43 bits per heavy atom. The normalized spacial score (nSPS) is 18.0. The molecule has 0 amide bonds. The van der Waals surface area contributed by atoms with Gasteiger partial charge in [0.1, 0.15) is 0 Å². The van der Waals surface area contributed by atoms with Gasteiger partial charge in [-0.05, 0) is 50.7 Å². The van der Waals surface area contributed by atoms with Crippen LogP contribution in [0.2, 0.25) is 0 Å². The first-order valence-corrected chi connectivity index (χ1v) is 9.86. The fourth-order valence-electron chi connectivity index (χ4n) is 3.68. The number of rotatable bonds is 11. The van der Waals surface area contributed by atoms with Crippen molar-refractivity contribution >= 4 is 5.97 Å². The Morgan fingerprint density at radius 3 is 1.96 bits per heavy atom. The quantitative estimate of drug-likeness (QED) is 0.521. The first kappa shape index (κ1) is 20.5. The van der Waals surface area contributed by atoms with Gasteiger partial charge in [-0.1, -0.05) is 65.7 Å². The van der Waals surface area contributed by atoms with Crippen molar-refractivity contribution in [1.82, 2.24) is 4.90 Å². The van der Waals surface area contributed by atoms with Gasteiger partial charge in [-0.15, -0.1) is 0 Å². The summed E-state index contributed by atoms with van der Waals surface area (Å²) in [6, 6.07) is 0. The molecule has 3 nitrogen and oxygen atoms in total. The summed E-state index contributed by atoms with van der Waals surface area (Å²) in [6.07, 6.45) is 13.9. The van der Waals surface area contributed by atoms with E-state index in [-0.39, 0.29) is 11.3 Å². The van der Waals surface area contributed by atoms with E-state index in [1.165, 1.54) is 77.4 Å². The molecule has 3 heteroatoms. The maximum absolute atomic E-state index is 11.3. The van der Waals surface area contributed by atoms with E-state index in [4.69, 9.17) is 0 Å². The molecule has 0 aliphatic carbocycles. The molecule has 1 saturated heterocycles. The van der Waals surface area contributed by atoms with Crippen LogP contribution >= 0.6 is 0 Å². The molecule has 1 N–H and O–H groups in total. The minimum Gasteiger partial charge on any atom is -0.481 e. The highest BCUT2D eigenvalue weighted by Gasteiger charge is 2.30. The molecule has 0 aromatic rings. The van der Waals surface area contributed by atoms with Crippen molar-refractivity contribution in [1.29, 1.82) is 0 Å². The standard InChI is InChI=1S/C20H39NO2/c1-20(2,3)18(19(22)23)14-10-7-5-4-6-8-11-15-21-16-12-9-13-17-21/h18H,4-17H2,1-3H3,(H,22,23). The van der Waals surface area contributed by atoms with Crippen molar-refractivity contribution in [2.24, 2.45) is 11.3 Å². The number of aliphatic carboxylic acids is 1. The predicted octanol–water partition coefficient (Wildman–Crippen LogP) is 5.34. The third-order valence-corrected chi connectivity index (χ3v) is 5.26. The SMILES string of the molecule is CC(C)(C)C(CCCCCCCCCN1CCCCC1)C(=O)O. The summed E-state index contributed by atoms with van der Waals surface area (Å²) in [7, 11) is 0. The lowest BCUT2D eigenvalue weighted by Gasteiger charge is -2.27. The Labute approximate surface area is 143 Å². The molecule has 0 saturated carbocycles. The second-order valence-electron chi connectivity index (χ2n) is 8.42. The molecule has 0 bridgehead atoms. The maximum Gasteiger partial charge on any atom is 0.307 e. The molecular weight excluding hydrogens is 286 g/mol. The average molecular weight is 326 g/mol. The van der Waals surface area contributed by atoms with E-state index >= 15 is 0 Å². The summed E-state index contributed by atoms with van der Waals surface area (Å²) in [4.78, 5) is 13.9. The zero-order valence-electron chi connectivity index (χ0n) is 15.8. The fourth-order valence-corrected chi connectivity index (χ4v) is 3.68. The van der Waals surface area contributed by atoms with Crippen molar-refractivity contribution < 1.29 is 9.90 Å². The second kappa shape index (κ2) is 11.1. The van der Waals surface area contributed by atoms with Gasteiger partial charge in [0.05, 0.1) is 5.92 Å². The van der Waals surface area contributed by atoms with Gasteiger partial charge >= 0.3 is 5.97 Å². The van der Waals surface area contributed by atoms with E-state index < -0.39 is 5.97 Å². The number of unbranched alkanes of at least 4 members (excludes halogenated alkanes) is 6. The van der Waals surface area contributed by atoms with Gasteiger partial charge in [0.15, 0.2) is 0 Å². The van der Waals surface area contributed by atoms with Crippen LogP contribution in [0.5, 0.6) is 0 Å². The van der Waals surface area contributed by atoms with Crippen molar-refractivity contribution in [3.63, 3.8) is 0 Å². The van der Waals surface area contributed by atoms with Crippen LogP contribution in [0.4, 0.5) is 0 Å². The van der Waals surface area contributed by atoms with Gasteiger partial charge in [0.25, 0.3) is 0 Å². The first-order valence-electron chi connectivity index (χ1n) is 9.86. The van der Waals surface area contributed by atoms with Crippen molar-refractivity contribution in [2.75, 3.05) is 19.6 Å². The van der Waals surface area contributed by atoms with E-state index in [1.54, 1.807) is 0 Å². The van der Waals surface area contributed by atoms with E-state index in [2.05, 4.69) is 4.90 Å². The highest BCUT2D eigenvalue weighted by molar-refractivity contribution is 5.70. The number of carbonyl (C=O) groups is 1. The number of carboxylic acids is 1. The number of hydrogen-bond donors (Lipinski definition) is 1. The van der Waals surface area contributed by atoms with Crippen LogP contribution in [0.25, 0.3) is 0 Å². The average Bonchev–Trinajstić information content (AvgIpc) is 2.48. The zero-order chi connectivity index (χ0) is 17.1. The highest BCUT2D eigenvalue weighted by atomic mass is 16.4. The van der Waals surface area contributed by atoms with E-state index in [1.807, 2.05) is 20.8 Å². The molecule has 0 aromatic carbocycles. The third kappa shape index (κ3) is 9.34. The molecule has 0 aromatic heterocycles. The predicted molar refractivity (Wildman–Crippen MR) is 97.8 cm³/mol. The Kier molecular flexibility index (Phi) is 9.85. The first-order chi connectivity index (χ1) is 10.9. The van der Waals surface area contributed by atoms with Gasteiger partial charge in [0.2, 0.25) is 0 Å². The summed E-state index contributed by atoms with van der Waals surface area (Å²) in [5.74, 6) is -0.831. The summed E-state index contributed by atoms with van der Waals surface area (Å²) >= 11 is 0. The zero-order valence-corrected chi connectivity index (χ0v) is 15.8. The topological polar surface area (TPSA) is 40.5 Å². The van der Waals surface area contributed by atoms with E-state index in [0.29, 0.717) is 0 Å². The van der Waals surface area contributed by atoms with Crippen LogP contribution in [0, 0.1) is 11.3 Å². The highest BCUT2D eigenvalue weighted by Crippen LogP contribution is 2.30. The summed E-state index contributed by atoms with van der Waals surface area (Å²) in [5, 5.41) is 9.31. The van der Waals surface area contributed by atoms with Gasteiger partial charge in [-0.25, -0.2) is 0 Å². The summed E-state index contributed by atoms with van der Waals surface area (Å²) < 4.78 is 0. The minimum atomic E-state index is -0.629. The largest absolute Gasteiger partial charge is 0.481 e. The number of nitrogens with zero attached hydrogens (tertiary/aromatic N) is 1. The fraction of sp³-hybridized carbons (Fsp3) is 0.950. The Balaban J connectivity index is 1.93. The molecule has 136 valence electrons. The van der Waals surface area contributed by atoms with Gasteiger partial charge in [-0.3, -0.25) is 4.79 Å². The Morgan fingerprint density at radius 1 is 0.913 bits per heavy atom. The summed E-state index contributed by atoms with van der Waals surface area (Å²) in [6.45, 7) is 10.0. The molecule has 1 heterocycles. The molecule has 1 unspecified atom stereocenters. The van der Waals surface area contributed by atoms with Crippen LogP contribution in [-0.4, -0.2) is 35.6 Å². The molecule has 0 spiro atoms. The van der Waals surface area contributed by atoms with Crippen LogP contribution < -0.4 is 0 Å². The minimum absolute atomic E-state index is 0.125. The Hall–Kier alpha value is -0.570. The Bertz CT molecular complexity index is 316. The second-order valence-corrected chi connectivity index (χ2v) is 8.42. The van der Waals surface area contributed by atoms with Gasteiger partial charge in [-0.2, -0.15) is 0 Å². The third-order valence-electron chi connectivity index (χ3n) is 5.26. The van der Waals surface area contributed by atoms with E-state index in [9.17, 15) is 9.90 Å². The number of likely N-dealkylation sites (tertiary alicyclic amines) is 1. The molecule has 1 fully saturated rings. The molecule has 1 aliphatic heterocycles. The molecular formula is C20H39NO2. The molecule has 23 heavy (non-hydrogen) atoms. The molecule has 1 atom stereocenters. The smallest absolute Gasteiger partial charge is 0.307 e. The van der Waals surface area contributed by atoms with Crippen LogP contribution in [0.15, 0.2) is 0 Å². The lowest BCUT2D eigenvalue weighted by atomic mass is 9.78. The number of hydrogen-bond acceptors (Lipinski definition) is 2. The van der Waals surface area contributed by atoms with Gasteiger partial charge in [0, 0.05) is 0 Å². The van der Waals surface area contributed by atoms with Crippen LogP contribution in [-0.2, 0) is 4.79 Å². The molecule has 0 radical (unpaired) electrons. The van der Waals surface area contributed by atoms with E-state index in [0.717, 1.165) is 12.8 Å². The number of carboxylic acid groups (broad SMARTS) is 1. The monoisotopic (exact) mass is 325 g/mol. The molecule has 1 aliphatic rings. The summed E-state index contributed by atoms with van der Waals surface area (Å²) in [5.41, 5.74) is -0.125. The van der Waals surface area contributed by atoms with Crippen LogP contribution in [0.1, 0.15) is 91.4 Å². The van der Waals surface area contributed by atoms with Crippen molar-refractivity contribution in [3.05, 3.63) is 0 Å². The van der Waals surface area contributed by atoms with Gasteiger partial charge < -0.3 is 10.0 Å². The lowest BCUT2D eigenvalue weighted by Crippen LogP contribution is -2.30. The maximum atomic E-state index is 11.3. The lowest BCUT2D eigenvalue weighted by molar-refractivity contribution is -0.145. The molecule has 1 rings (SSSR count).